The molecular formula is C19H24N4OS. The van der Waals surface area contributed by atoms with Gasteiger partial charge in [0.25, 0.3) is 0 Å². The van der Waals surface area contributed by atoms with Crippen molar-refractivity contribution in [2.45, 2.75) is 26.7 Å². The van der Waals surface area contributed by atoms with E-state index in [9.17, 15) is 0 Å². The summed E-state index contributed by atoms with van der Waals surface area (Å²) in [5, 5.41) is 11.0. The largest absolute Gasteiger partial charge is 0.461 e. The Balaban J connectivity index is 1.50. The molecule has 1 aromatic carbocycles. The molecule has 6 heteroatoms. The normalized spacial score (nSPS) is 11.8. The number of para-hydroxylation sites is 1. The summed E-state index contributed by atoms with van der Waals surface area (Å²) in [6.07, 6.45) is 1.69. The van der Waals surface area contributed by atoms with Crippen LogP contribution in [0.3, 0.4) is 0 Å². The maximum absolute atomic E-state index is 5.83. The van der Waals surface area contributed by atoms with Crippen LogP contribution >= 0.6 is 11.3 Å². The number of rotatable bonds is 7. The van der Waals surface area contributed by atoms with Gasteiger partial charge in [-0.25, -0.2) is 4.98 Å². The lowest BCUT2D eigenvalue weighted by Gasteiger charge is -2.10. The summed E-state index contributed by atoms with van der Waals surface area (Å²) in [7, 11) is 0. The molecule has 0 radical (unpaired) electrons. The third-order valence-corrected chi connectivity index (χ3v) is 4.61. The highest BCUT2D eigenvalue weighted by molar-refractivity contribution is 7.09. The number of benzene rings is 1. The number of hydrogen-bond acceptors (Lipinski definition) is 4. The van der Waals surface area contributed by atoms with Crippen LogP contribution in [0.15, 0.2) is 45.1 Å². The van der Waals surface area contributed by atoms with E-state index in [-0.39, 0.29) is 0 Å². The average molecular weight is 356 g/mol. The number of aryl methyl sites for hydroxylation is 1. The Hall–Kier alpha value is -2.34. The van der Waals surface area contributed by atoms with Crippen LogP contribution in [0.2, 0.25) is 0 Å². The van der Waals surface area contributed by atoms with Crippen molar-refractivity contribution >= 4 is 28.3 Å². The third kappa shape index (κ3) is 5.06. The molecule has 0 fully saturated rings. The van der Waals surface area contributed by atoms with Crippen LogP contribution in [0.1, 0.15) is 23.4 Å². The van der Waals surface area contributed by atoms with Gasteiger partial charge in [0.1, 0.15) is 11.3 Å². The second-order valence-corrected chi connectivity index (χ2v) is 6.86. The van der Waals surface area contributed by atoms with Gasteiger partial charge < -0.3 is 15.1 Å². The zero-order chi connectivity index (χ0) is 17.5. The fraction of sp³-hybridized carbons (Fsp3) is 0.368. The van der Waals surface area contributed by atoms with Gasteiger partial charge in [-0.3, -0.25) is 4.99 Å². The highest BCUT2D eigenvalue weighted by Gasteiger charge is 2.04. The van der Waals surface area contributed by atoms with Gasteiger partial charge in [0.15, 0.2) is 5.96 Å². The molecule has 2 N–H and O–H groups in total. The Kier molecular flexibility index (Phi) is 6.06. The minimum absolute atomic E-state index is 0.685. The lowest BCUT2D eigenvalue weighted by atomic mass is 10.2. The smallest absolute Gasteiger partial charge is 0.191 e. The number of aliphatic imine (C=N–C) groups is 1. The van der Waals surface area contributed by atoms with Gasteiger partial charge in [0.2, 0.25) is 0 Å². The third-order valence-electron chi connectivity index (χ3n) is 3.79. The zero-order valence-corrected chi connectivity index (χ0v) is 15.5. The molecule has 5 nitrogen and oxygen atoms in total. The molecule has 0 aliphatic heterocycles. The van der Waals surface area contributed by atoms with Crippen LogP contribution in [0, 0.1) is 6.92 Å². The van der Waals surface area contributed by atoms with Crippen molar-refractivity contribution in [2.24, 2.45) is 4.99 Å². The van der Waals surface area contributed by atoms with Crippen molar-refractivity contribution in [1.29, 1.82) is 0 Å². The van der Waals surface area contributed by atoms with Crippen LogP contribution < -0.4 is 10.6 Å². The molecule has 0 atom stereocenters. The number of aromatic nitrogens is 1. The summed E-state index contributed by atoms with van der Waals surface area (Å²) in [5.41, 5.74) is 2.07. The standard InChI is InChI=1S/C19H24N4OS/c1-3-20-19(21-10-8-16-13-25-14(2)23-16)22-11-9-17-12-15-6-4-5-7-18(15)24-17/h4-7,12-13H,3,8-11H2,1-2H3,(H2,20,21,22). The number of guanidine groups is 1. The highest BCUT2D eigenvalue weighted by atomic mass is 32.1. The van der Waals surface area contributed by atoms with E-state index < -0.39 is 0 Å². The molecule has 3 rings (SSSR count). The predicted molar refractivity (Wildman–Crippen MR) is 104 cm³/mol. The van der Waals surface area contributed by atoms with Crippen molar-refractivity contribution in [3.05, 3.63) is 52.2 Å². The van der Waals surface area contributed by atoms with Crippen LogP contribution in [-0.4, -0.2) is 30.6 Å². The van der Waals surface area contributed by atoms with Gasteiger partial charge in [-0.15, -0.1) is 11.3 Å². The van der Waals surface area contributed by atoms with Crippen LogP contribution in [0.25, 0.3) is 11.0 Å². The van der Waals surface area contributed by atoms with Gasteiger partial charge >= 0.3 is 0 Å². The number of furan rings is 1. The molecule has 0 unspecified atom stereocenters. The van der Waals surface area contributed by atoms with Crippen LogP contribution in [-0.2, 0) is 12.8 Å². The first-order valence-electron chi connectivity index (χ1n) is 8.65. The molecule has 0 aliphatic carbocycles. The number of nitrogens with one attached hydrogen (secondary N) is 2. The number of nitrogens with zero attached hydrogens (tertiary/aromatic N) is 2. The summed E-state index contributed by atoms with van der Waals surface area (Å²) < 4.78 is 5.83. The summed E-state index contributed by atoms with van der Waals surface area (Å²) in [6, 6.07) is 10.2. The van der Waals surface area contributed by atoms with Crippen LogP contribution in [0.4, 0.5) is 0 Å². The van der Waals surface area contributed by atoms with E-state index in [1.807, 2.05) is 25.1 Å². The van der Waals surface area contributed by atoms with E-state index in [1.54, 1.807) is 11.3 Å². The molecule has 2 heterocycles. The summed E-state index contributed by atoms with van der Waals surface area (Å²) in [5.74, 6) is 1.81. The Morgan fingerprint density at radius 1 is 1.24 bits per heavy atom. The minimum atomic E-state index is 0.685. The summed E-state index contributed by atoms with van der Waals surface area (Å²) >= 11 is 1.69. The van der Waals surface area contributed by atoms with Crippen molar-refractivity contribution in [3.8, 4) is 0 Å². The van der Waals surface area contributed by atoms with Gasteiger partial charge in [0.05, 0.1) is 10.7 Å². The SMILES string of the molecule is CCNC(=NCCc1cc2ccccc2o1)NCCc1csc(C)n1. The van der Waals surface area contributed by atoms with Gasteiger partial charge in [-0.1, -0.05) is 18.2 Å². The first kappa shape index (κ1) is 17.5. The molecule has 132 valence electrons. The fourth-order valence-corrected chi connectivity index (χ4v) is 3.26. The topological polar surface area (TPSA) is 62.5 Å². The summed E-state index contributed by atoms with van der Waals surface area (Å²) in [6.45, 7) is 6.45. The first-order valence-corrected chi connectivity index (χ1v) is 9.53. The van der Waals surface area contributed by atoms with E-state index >= 15 is 0 Å². The Morgan fingerprint density at radius 3 is 2.88 bits per heavy atom. The maximum Gasteiger partial charge on any atom is 0.191 e. The van der Waals surface area contributed by atoms with E-state index in [1.165, 1.54) is 0 Å². The first-order chi connectivity index (χ1) is 12.2. The molecule has 3 aromatic rings. The lowest BCUT2D eigenvalue weighted by molar-refractivity contribution is 0.550. The Morgan fingerprint density at radius 2 is 2.12 bits per heavy atom. The van der Waals surface area contributed by atoms with E-state index in [2.05, 4.69) is 45.0 Å². The molecule has 0 amide bonds. The zero-order valence-electron chi connectivity index (χ0n) is 14.7. The predicted octanol–water partition coefficient (Wildman–Crippen LogP) is 3.54. The monoisotopic (exact) mass is 356 g/mol. The van der Waals surface area contributed by atoms with E-state index in [0.717, 1.165) is 59.3 Å². The maximum atomic E-state index is 5.83. The number of thiazole rings is 1. The average Bonchev–Trinajstić information content (AvgIpc) is 3.20. The molecule has 25 heavy (non-hydrogen) atoms. The molecule has 0 saturated heterocycles. The van der Waals surface area contributed by atoms with E-state index in [0.29, 0.717) is 6.54 Å². The Bertz CT molecular complexity index is 804. The van der Waals surface area contributed by atoms with Crippen LogP contribution in [0.5, 0.6) is 0 Å². The lowest BCUT2D eigenvalue weighted by Crippen LogP contribution is -2.38. The van der Waals surface area contributed by atoms with E-state index in [4.69, 9.17) is 4.42 Å². The minimum Gasteiger partial charge on any atom is -0.461 e. The van der Waals surface area contributed by atoms with Gasteiger partial charge in [0, 0.05) is 43.2 Å². The second-order valence-electron chi connectivity index (χ2n) is 5.80. The summed E-state index contributed by atoms with van der Waals surface area (Å²) in [4.78, 5) is 9.11. The quantitative estimate of drug-likeness (QED) is 0.502. The van der Waals surface area contributed by atoms with Crippen molar-refractivity contribution < 1.29 is 4.42 Å². The molecular weight excluding hydrogens is 332 g/mol. The molecule has 0 spiro atoms. The molecule has 0 bridgehead atoms. The number of hydrogen-bond donors (Lipinski definition) is 2. The Labute approximate surface area is 152 Å². The molecule has 2 aromatic heterocycles. The molecule has 0 saturated carbocycles. The van der Waals surface area contributed by atoms with Crippen molar-refractivity contribution in [3.63, 3.8) is 0 Å². The molecule has 0 aliphatic rings. The second kappa shape index (κ2) is 8.67. The fourth-order valence-electron chi connectivity index (χ4n) is 2.61. The van der Waals surface area contributed by atoms with Gasteiger partial charge in [-0.05, 0) is 26.0 Å². The highest BCUT2D eigenvalue weighted by Crippen LogP contribution is 2.18. The van der Waals surface area contributed by atoms with Gasteiger partial charge in [-0.2, -0.15) is 0 Å². The van der Waals surface area contributed by atoms with Crippen molar-refractivity contribution in [1.82, 2.24) is 15.6 Å². The number of fused-ring (bicyclic) bond motifs is 1. The van der Waals surface area contributed by atoms with Crippen molar-refractivity contribution in [2.75, 3.05) is 19.6 Å².